The van der Waals surface area contributed by atoms with Crippen molar-refractivity contribution >= 4 is 35.0 Å². The van der Waals surface area contributed by atoms with Gasteiger partial charge >= 0.3 is 0 Å². The maximum atomic E-state index is 14.0. The molecule has 0 aliphatic carbocycles. The molecule has 0 aliphatic rings. The first-order valence-corrected chi connectivity index (χ1v) is 9.09. The second-order valence-electron chi connectivity index (χ2n) is 5.60. The topological polar surface area (TPSA) is 59.8 Å². The van der Waals surface area contributed by atoms with Gasteiger partial charge in [0.05, 0.1) is 10.8 Å². The highest BCUT2D eigenvalue weighted by Gasteiger charge is 2.20. The van der Waals surface area contributed by atoms with Crippen LogP contribution in [0.1, 0.15) is 6.92 Å². The van der Waals surface area contributed by atoms with E-state index in [-0.39, 0.29) is 11.7 Å². The molecule has 2 aromatic carbocycles. The molecule has 1 heterocycles. The summed E-state index contributed by atoms with van der Waals surface area (Å²) in [6, 6.07) is 13.3. The molecule has 0 spiro atoms. The molecule has 1 amide bonds. The van der Waals surface area contributed by atoms with Crippen molar-refractivity contribution in [1.29, 1.82) is 0 Å². The fourth-order valence-electron chi connectivity index (χ4n) is 2.32. The Kier molecular flexibility index (Phi) is 5.58. The third-order valence-electron chi connectivity index (χ3n) is 3.69. The van der Waals surface area contributed by atoms with Crippen LogP contribution >= 0.6 is 23.4 Å². The van der Waals surface area contributed by atoms with Crippen molar-refractivity contribution in [2.24, 2.45) is 7.05 Å². The molecule has 3 rings (SSSR count). The van der Waals surface area contributed by atoms with E-state index in [4.69, 9.17) is 11.6 Å². The van der Waals surface area contributed by atoms with Crippen molar-refractivity contribution in [3.8, 4) is 11.4 Å². The summed E-state index contributed by atoms with van der Waals surface area (Å²) in [6.45, 7) is 1.77. The van der Waals surface area contributed by atoms with E-state index >= 15 is 0 Å². The number of amides is 1. The van der Waals surface area contributed by atoms with Crippen molar-refractivity contribution in [2.45, 2.75) is 17.3 Å². The predicted molar refractivity (Wildman–Crippen MR) is 102 cm³/mol. The van der Waals surface area contributed by atoms with Crippen LogP contribution in [0.15, 0.2) is 53.7 Å². The van der Waals surface area contributed by atoms with Crippen LogP contribution in [0.25, 0.3) is 11.4 Å². The van der Waals surface area contributed by atoms with Crippen molar-refractivity contribution in [2.75, 3.05) is 5.32 Å². The predicted octanol–water partition coefficient (Wildman–Crippen LogP) is 4.39. The maximum Gasteiger partial charge on any atom is 0.237 e. The lowest BCUT2D eigenvalue weighted by atomic mass is 10.2. The van der Waals surface area contributed by atoms with Crippen molar-refractivity contribution in [3.63, 3.8) is 0 Å². The van der Waals surface area contributed by atoms with Gasteiger partial charge in [-0.15, -0.1) is 10.2 Å². The van der Waals surface area contributed by atoms with Gasteiger partial charge in [-0.25, -0.2) is 4.39 Å². The number of hydrogen-bond donors (Lipinski definition) is 1. The van der Waals surface area contributed by atoms with Gasteiger partial charge in [0.2, 0.25) is 5.91 Å². The maximum absolute atomic E-state index is 14.0. The molecule has 0 fully saturated rings. The molecule has 0 saturated heterocycles. The van der Waals surface area contributed by atoms with Gasteiger partial charge in [-0.05, 0) is 37.3 Å². The number of anilines is 1. The fraction of sp³-hybridized carbons (Fsp3) is 0.167. The summed E-state index contributed by atoms with van der Waals surface area (Å²) in [5, 5.41) is 11.6. The fourth-order valence-corrected chi connectivity index (χ4v) is 3.32. The van der Waals surface area contributed by atoms with Crippen LogP contribution < -0.4 is 5.32 Å². The molecule has 0 bridgehead atoms. The number of aromatic nitrogens is 3. The first kappa shape index (κ1) is 18.4. The highest BCUT2D eigenvalue weighted by Crippen LogP contribution is 2.27. The quantitative estimate of drug-likeness (QED) is 0.656. The molecule has 0 aliphatic heterocycles. The molecular formula is C18H16ClFN4OS. The van der Waals surface area contributed by atoms with E-state index in [9.17, 15) is 9.18 Å². The molecule has 26 heavy (non-hydrogen) atoms. The van der Waals surface area contributed by atoms with Gasteiger partial charge in [0, 0.05) is 17.8 Å². The van der Waals surface area contributed by atoms with Crippen LogP contribution in [0.4, 0.5) is 10.1 Å². The van der Waals surface area contributed by atoms with Gasteiger partial charge in [0.15, 0.2) is 11.0 Å². The molecule has 5 nitrogen and oxygen atoms in total. The standard InChI is InChI=1S/C18H16ClFN4OS/c1-11(17(25)21-13-7-5-6-12(19)10-13)26-18-23-22-16(24(18)2)14-8-3-4-9-15(14)20/h3-11H,1-2H3,(H,21,25). The van der Waals surface area contributed by atoms with Gasteiger partial charge in [-0.1, -0.05) is 41.6 Å². The molecule has 1 N–H and O–H groups in total. The number of halogens is 2. The lowest BCUT2D eigenvalue weighted by molar-refractivity contribution is -0.115. The summed E-state index contributed by atoms with van der Waals surface area (Å²) >= 11 is 7.17. The number of thioether (sulfide) groups is 1. The molecule has 1 atom stereocenters. The smallest absolute Gasteiger partial charge is 0.237 e. The minimum atomic E-state index is -0.426. The van der Waals surface area contributed by atoms with E-state index in [0.29, 0.717) is 27.3 Å². The molecule has 3 aromatic rings. The SMILES string of the molecule is CC(Sc1nnc(-c2ccccc2F)n1C)C(=O)Nc1cccc(Cl)c1. The second kappa shape index (κ2) is 7.88. The Balaban J connectivity index is 1.73. The van der Waals surface area contributed by atoms with Gasteiger partial charge < -0.3 is 9.88 Å². The minimum absolute atomic E-state index is 0.187. The van der Waals surface area contributed by atoms with Crippen molar-refractivity contribution < 1.29 is 9.18 Å². The van der Waals surface area contributed by atoms with Crippen LogP contribution in [0.3, 0.4) is 0 Å². The molecule has 1 unspecified atom stereocenters. The lowest BCUT2D eigenvalue weighted by Gasteiger charge is -2.12. The van der Waals surface area contributed by atoms with Gasteiger partial charge in [-0.2, -0.15) is 0 Å². The Hall–Kier alpha value is -2.38. The first-order chi connectivity index (χ1) is 12.5. The Morgan fingerprint density at radius 1 is 1.23 bits per heavy atom. The Bertz CT molecular complexity index is 946. The lowest BCUT2D eigenvalue weighted by Crippen LogP contribution is -2.22. The van der Waals surface area contributed by atoms with Crippen LogP contribution in [-0.2, 0) is 11.8 Å². The number of rotatable bonds is 5. The number of hydrogen-bond acceptors (Lipinski definition) is 4. The average molecular weight is 391 g/mol. The zero-order chi connectivity index (χ0) is 18.7. The van der Waals surface area contributed by atoms with E-state index in [1.165, 1.54) is 17.8 Å². The molecule has 1 aromatic heterocycles. The van der Waals surface area contributed by atoms with Crippen LogP contribution in [0, 0.1) is 5.82 Å². The summed E-state index contributed by atoms with van der Waals surface area (Å²) in [6.07, 6.45) is 0. The zero-order valence-electron chi connectivity index (χ0n) is 14.1. The molecule has 134 valence electrons. The largest absolute Gasteiger partial charge is 0.325 e. The van der Waals surface area contributed by atoms with Gasteiger partial charge in [0.25, 0.3) is 0 Å². The van der Waals surface area contributed by atoms with E-state index < -0.39 is 5.25 Å². The molecule has 0 radical (unpaired) electrons. The molecular weight excluding hydrogens is 375 g/mol. The van der Waals surface area contributed by atoms with Crippen LogP contribution in [0.2, 0.25) is 5.02 Å². The summed E-state index contributed by atoms with van der Waals surface area (Å²) in [4.78, 5) is 12.4. The van der Waals surface area contributed by atoms with Gasteiger partial charge in [-0.3, -0.25) is 4.79 Å². The number of benzene rings is 2. The second-order valence-corrected chi connectivity index (χ2v) is 7.35. The first-order valence-electron chi connectivity index (χ1n) is 7.83. The Labute approximate surface area is 159 Å². The molecule has 8 heteroatoms. The number of carbonyl (C=O) groups is 1. The third kappa shape index (κ3) is 4.05. The van der Waals surface area contributed by atoms with Crippen LogP contribution in [0.5, 0.6) is 0 Å². The van der Waals surface area contributed by atoms with E-state index in [1.807, 2.05) is 0 Å². The number of nitrogens with zero attached hydrogens (tertiary/aromatic N) is 3. The zero-order valence-corrected chi connectivity index (χ0v) is 15.7. The summed E-state index contributed by atoms with van der Waals surface area (Å²) in [5.41, 5.74) is 0.991. The number of carbonyl (C=O) groups excluding carboxylic acids is 1. The van der Waals surface area contributed by atoms with E-state index in [0.717, 1.165) is 0 Å². The van der Waals surface area contributed by atoms with Crippen molar-refractivity contribution in [3.05, 3.63) is 59.4 Å². The van der Waals surface area contributed by atoms with Gasteiger partial charge in [0.1, 0.15) is 5.82 Å². The van der Waals surface area contributed by atoms with E-state index in [2.05, 4.69) is 15.5 Å². The van der Waals surface area contributed by atoms with E-state index in [1.54, 1.807) is 61.0 Å². The highest BCUT2D eigenvalue weighted by molar-refractivity contribution is 8.00. The third-order valence-corrected chi connectivity index (χ3v) is 5.06. The molecule has 0 saturated carbocycles. The monoisotopic (exact) mass is 390 g/mol. The van der Waals surface area contributed by atoms with Crippen LogP contribution in [-0.4, -0.2) is 25.9 Å². The average Bonchev–Trinajstić information content (AvgIpc) is 2.96. The number of nitrogens with one attached hydrogen (secondary N) is 1. The summed E-state index contributed by atoms with van der Waals surface area (Å²) in [5.74, 6) is -0.146. The summed E-state index contributed by atoms with van der Waals surface area (Å²) < 4.78 is 15.6. The Morgan fingerprint density at radius 2 is 2.00 bits per heavy atom. The minimum Gasteiger partial charge on any atom is -0.325 e. The van der Waals surface area contributed by atoms with Crippen molar-refractivity contribution in [1.82, 2.24) is 14.8 Å². The summed E-state index contributed by atoms with van der Waals surface area (Å²) in [7, 11) is 1.74. The highest BCUT2D eigenvalue weighted by atomic mass is 35.5. The normalized spacial score (nSPS) is 12.0. The Morgan fingerprint density at radius 3 is 2.73 bits per heavy atom.